The van der Waals surface area contributed by atoms with Crippen LogP contribution in [0.15, 0.2) is 6.20 Å². The first-order chi connectivity index (χ1) is 8.97. The second kappa shape index (κ2) is 5.42. The molecule has 104 valence electrons. The lowest BCUT2D eigenvalue weighted by Gasteiger charge is -2.30. The smallest absolute Gasteiger partial charge is 0.224 e. The van der Waals surface area contributed by atoms with Gasteiger partial charge in [0.05, 0.1) is 0 Å². The van der Waals surface area contributed by atoms with Crippen LogP contribution in [0.4, 0.5) is 11.8 Å². The second-order valence-electron chi connectivity index (χ2n) is 5.25. The number of likely N-dealkylation sites (tertiary alicyclic amines) is 1. The molecule has 1 aliphatic heterocycles. The molecule has 0 spiro atoms. The molecule has 6 heteroatoms. The van der Waals surface area contributed by atoms with E-state index in [4.69, 9.17) is 0 Å². The highest BCUT2D eigenvalue weighted by molar-refractivity contribution is 5.76. The van der Waals surface area contributed by atoms with Crippen molar-refractivity contribution in [3.8, 4) is 0 Å². The van der Waals surface area contributed by atoms with Gasteiger partial charge in [0.2, 0.25) is 11.9 Å². The summed E-state index contributed by atoms with van der Waals surface area (Å²) in [5.74, 6) is 1.75. The summed E-state index contributed by atoms with van der Waals surface area (Å²) in [5, 5.41) is 3.31. The average molecular weight is 263 g/mol. The Morgan fingerprint density at radius 3 is 2.84 bits per heavy atom. The van der Waals surface area contributed by atoms with Gasteiger partial charge in [-0.2, -0.15) is 4.98 Å². The van der Waals surface area contributed by atoms with E-state index in [-0.39, 0.29) is 11.9 Å². The lowest BCUT2D eigenvalue weighted by molar-refractivity contribution is -0.132. The quantitative estimate of drug-likeness (QED) is 0.877. The van der Waals surface area contributed by atoms with E-state index in [1.54, 1.807) is 4.90 Å². The van der Waals surface area contributed by atoms with Gasteiger partial charge in [-0.05, 0) is 13.3 Å². The number of nitrogens with zero attached hydrogens (tertiary/aromatic N) is 4. The first-order valence-corrected chi connectivity index (χ1v) is 6.49. The molecule has 1 aromatic rings. The van der Waals surface area contributed by atoms with Gasteiger partial charge in [0.25, 0.3) is 0 Å². The zero-order valence-corrected chi connectivity index (χ0v) is 12.0. The number of likely N-dealkylation sites (N-methyl/N-ethyl adjacent to an activating group) is 1. The number of aryl methyl sites for hydroxylation is 1. The minimum absolute atomic E-state index is 0.205. The van der Waals surface area contributed by atoms with Gasteiger partial charge in [-0.3, -0.25) is 4.79 Å². The summed E-state index contributed by atoms with van der Waals surface area (Å²) in [7, 11) is 5.76. The van der Waals surface area contributed by atoms with E-state index in [1.165, 1.54) is 0 Å². The third-order valence-corrected chi connectivity index (χ3v) is 3.33. The molecule has 0 radical (unpaired) electrons. The number of piperidine rings is 1. The first kappa shape index (κ1) is 13.6. The molecule has 1 aromatic heterocycles. The lowest BCUT2D eigenvalue weighted by Crippen LogP contribution is -2.43. The van der Waals surface area contributed by atoms with Gasteiger partial charge in [-0.15, -0.1) is 0 Å². The highest BCUT2D eigenvalue weighted by Gasteiger charge is 2.23. The molecule has 2 rings (SSSR count). The predicted octanol–water partition coefficient (Wildman–Crippen LogP) is 0.884. The van der Waals surface area contributed by atoms with Gasteiger partial charge >= 0.3 is 0 Å². The fourth-order valence-electron chi connectivity index (χ4n) is 2.27. The fraction of sp³-hybridized carbons (Fsp3) is 0.615. The second-order valence-corrected chi connectivity index (χ2v) is 5.25. The monoisotopic (exact) mass is 263 g/mol. The highest BCUT2D eigenvalue weighted by Crippen LogP contribution is 2.18. The Kier molecular flexibility index (Phi) is 3.87. The van der Waals surface area contributed by atoms with E-state index in [0.717, 1.165) is 17.8 Å². The molecule has 1 aliphatic rings. The minimum Gasteiger partial charge on any atom is -0.362 e. The van der Waals surface area contributed by atoms with Crippen molar-refractivity contribution in [3.05, 3.63) is 11.8 Å². The van der Waals surface area contributed by atoms with Crippen molar-refractivity contribution in [3.63, 3.8) is 0 Å². The van der Waals surface area contributed by atoms with Crippen molar-refractivity contribution in [2.24, 2.45) is 0 Å². The Morgan fingerprint density at radius 2 is 2.21 bits per heavy atom. The number of carbonyl (C=O) groups is 1. The molecule has 1 N–H and O–H groups in total. The van der Waals surface area contributed by atoms with Crippen LogP contribution in [0, 0.1) is 6.92 Å². The van der Waals surface area contributed by atoms with E-state index in [1.807, 2.05) is 39.2 Å². The van der Waals surface area contributed by atoms with Crippen LogP contribution in [-0.2, 0) is 4.79 Å². The maximum absolute atomic E-state index is 11.4. The number of nitrogens with one attached hydrogen (secondary N) is 1. The topological polar surface area (TPSA) is 61.4 Å². The van der Waals surface area contributed by atoms with E-state index < -0.39 is 0 Å². The van der Waals surface area contributed by atoms with Crippen molar-refractivity contribution < 1.29 is 4.79 Å². The van der Waals surface area contributed by atoms with E-state index in [2.05, 4.69) is 15.3 Å². The van der Waals surface area contributed by atoms with Crippen molar-refractivity contribution in [2.45, 2.75) is 25.8 Å². The summed E-state index contributed by atoms with van der Waals surface area (Å²) in [6.07, 6.45) is 3.24. The Morgan fingerprint density at radius 1 is 1.47 bits per heavy atom. The van der Waals surface area contributed by atoms with Crippen LogP contribution in [0.3, 0.4) is 0 Å². The Balaban J connectivity index is 2.07. The van der Waals surface area contributed by atoms with Crippen LogP contribution >= 0.6 is 0 Å². The van der Waals surface area contributed by atoms with Crippen LogP contribution in [0.5, 0.6) is 0 Å². The minimum atomic E-state index is 0.205. The lowest BCUT2D eigenvalue weighted by atomic mass is 10.1. The fourth-order valence-corrected chi connectivity index (χ4v) is 2.27. The number of aromatic nitrogens is 2. The molecule has 1 fully saturated rings. The molecule has 6 nitrogen and oxygen atoms in total. The predicted molar refractivity (Wildman–Crippen MR) is 75.4 cm³/mol. The van der Waals surface area contributed by atoms with Crippen molar-refractivity contribution in [1.29, 1.82) is 0 Å². The third kappa shape index (κ3) is 3.13. The number of hydrogen-bond acceptors (Lipinski definition) is 5. The third-order valence-electron chi connectivity index (χ3n) is 3.33. The van der Waals surface area contributed by atoms with E-state index in [9.17, 15) is 4.79 Å². The van der Waals surface area contributed by atoms with E-state index in [0.29, 0.717) is 18.9 Å². The molecule has 0 aromatic carbocycles. The Labute approximate surface area is 113 Å². The summed E-state index contributed by atoms with van der Waals surface area (Å²) in [4.78, 5) is 24.0. The number of hydrogen-bond donors (Lipinski definition) is 1. The molecule has 0 bridgehead atoms. The van der Waals surface area contributed by atoms with Gasteiger partial charge in [-0.1, -0.05) is 0 Å². The van der Waals surface area contributed by atoms with Crippen LogP contribution in [0.25, 0.3) is 0 Å². The highest BCUT2D eigenvalue weighted by atomic mass is 16.2. The van der Waals surface area contributed by atoms with Gasteiger partial charge in [0.1, 0.15) is 5.82 Å². The maximum Gasteiger partial charge on any atom is 0.224 e. The zero-order chi connectivity index (χ0) is 14.0. The molecule has 1 amide bonds. The number of rotatable bonds is 3. The number of amides is 1. The zero-order valence-electron chi connectivity index (χ0n) is 12.0. The van der Waals surface area contributed by atoms with Gasteiger partial charge < -0.3 is 15.1 Å². The van der Waals surface area contributed by atoms with Gasteiger partial charge in [0, 0.05) is 51.9 Å². The summed E-state index contributed by atoms with van der Waals surface area (Å²) in [6, 6.07) is 0.223. The van der Waals surface area contributed by atoms with E-state index >= 15 is 0 Å². The molecule has 2 heterocycles. The molecule has 0 saturated carbocycles. The number of anilines is 2. The largest absolute Gasteiger partial charge is 0.362 e. The summed E-state index contributed by atoms with van der Waals surface area (Å²) in [5.41, 5.74) is 1.05. The van der Waals surface area contributed by atoms with Crippen molar-refractivity contribution >= 4 is 17.7 Å². The molecular weight excluding hydrogens is 242 g/mol. The van der Waals surface area contributed by atoms with Crippen molar-refractivity contribution in [2.75, 3.05) is 37.9 Å². The first-order valence-electron chi connectivity index (χ1n) is 6.49. The molecule has 19 heavy (non-hydrogen) atoms. The molecule has 1 saturated heterocycles. The van der Waals surface area contributed by atoms with Crippen LogP contribution < -0.4 is 10.2 Å². The van der Waals surface area contributed by atoms with Gasteiger partial charge in [0.15, 0.2) is 0 Å². The molecule has 1 atom stereocenters. The summed E-state index contributed by atoms with van der Waals surface area (Å²) in [6.45, 7) is 2.69. The summed E-state index contributed by atoms with van der Waals surface area (Å²) < 4.78 is 0. The Bertz CT molecular complexity index is 474. The maximum atomic E-state index is 11.4. The van der Waals surface area contributed by atoms with Crippen LogP contribution in [0.2, 0.25) is 0 Å². The SMILES string of the molecule is Cc1cnc(NC2CCC(=O)N(C)C2)nc1N(C)C. The van der Waals surface area contributed by atoms with Crippen molar-refractivity contribution in [1.82, 2.24) is 14.9 Å². The standard InChI is InChI=1S/C13H21N5O/c1-9-7-14-13(16-12(9)17(2)3)15-10-5-6-11(19)18(4)8-10/h7,10H,5-6,8H2,1-4H3,(H,14,15,16). The molecule has 1 unspecified atom stereocenters. The van der Waals surface area contributed by atoms with Gasteiger partial charge in [-0.25, -0.2) is 4.98 Å². The van der Waals surface area contributed by atoms with Crippen LogP contribution in [0.1, 0.15) is 18.4 Å². The summed E-state index contributed by atoms with van der Waals surface area (Å²) >= 11 is 0. The molecular formula is C13H21N5O. The van der Waals surface area contributed by atoms with Crippen LogP contribution in [-0.4, -0.2) is 54.5 Å². The molecule has 0 aliphatic carbocycles. The number of carbonyl (C=O) groups excluding carboxylic acids is 1. The average Bonchev–Trinajstić information content (AvgIpc) is 2.36. The normalized spacial score (nSPS) is 19.5. The Hall–Kier alpha value is -1.85.